The lowest BCUT2D eigenvalue weighted by Crippen LogP contribution is -2.49. The Bertz CT molecular complexity index is 1400. The number of aromatic carboxylic acids is 1. The number of carbonyl (C=O) groups excluding carboxylic acids is 4. The molecular weight excluding hydrogens is 656 g/mol. The Hall–Kier alpha value is -3.99. The summed E-state index contributed by atoms with van der Waals surface area (Å²) < 4.78 is 20.3. The van der Waals surface area contributed by atoms with Gasteiger partial charge >= 0.3 is 23.9 Å². The first-order chi connectivity index (χ1) is 22.1. The van der Waals surface area contributed by atoms with Crippen molar-refractivity contribution in [1.82, 2.24) is 20.5 Å². The van der Waals surface area contributed by atoms with E-state index in [4.69, 9.17) is 23.4 Å². The maximum Gasteiger partial charge on any atom is 0.519 e. The van der Waals surface area contributed by atoms with Crippen molar-refractivity contribution >= 4 is 51.4 Å². The summed E-state index contributed by atoms with van der Waals surface area (Å²) >= 11 is 0. The number of hydrogen-bond donors (Lipinski definition) is 3. The maximum absolute atomic E-state index is 12.9. The molecule has 15 nitrogen and oxygen atoms in total. The SMILES string of the molecule is CC(=O)N[C@@H](CC(=O)OC(C)(C)C)C(=O)NCCN(CCCCCCSSc1ccc(C(=O)O)cn1)C(=O)OCc1oc(=O)oc1C. The Balaban J connectivity index is 1.86. The van der Waals surface area contributed by atoms with Crippen molar-refractivity contribution in [1.29, 1.82) is 0 Å². The normalized spacial score (nSPS) is 11.8. The molecule has 0 aliphatic carbocycles. The minimum Gasteiger partial charge on any atom is -0.478 e. The highest BCUT2D eigenvalue weighted by molar-refractivity contribution is 8.76. The van der Waals surface area contributed by atoms with Crippen molar-refractivity contribution in [3.63, 3.8) is 0 Å². The van der Waals surface area contributed by atoms with Gasteiger partial charge in [-0.1, -0.05) is 23.6 Å². The summed E-state index contributed by atoms with van der Waals surface area (Å²) in [6.45, 7) is 7.88. The second-order valence-electron chi connectivity index (χ2n) is 11.3. The summed E-state index contributed by atoms with van der Waals surface area (Å²) in [5.41, 5.74) is -0.630. The molecule has 2 rings (SSSR count). The molecule has 0 saturated heterocycles. The fourth-order valence-electron chi connectivity index (χ4n) is 3.94. The van der Waals surface area contributed by atoms with Crippen LogP contribution in [0, 0.1) is 6.92 Å². The molecule has 0 spiro atoms. The van der Waals surface area contributed by atoms with Crippen LogP contribution in [0.1, 0.15) is 81.7 Å². The molecule has 3 N–H and O–H groups in total. The van der Waals surface area contributed by atoms with Crippen molar-refractivity contribution in [3.05, 3.63) is 46.0 Å². The molecule has 1 atom stereocenters. The van der Waals surface area contributed by atoms with Gasteiger partial charge in [-0.2, -0.15) is 0 Å². The van der Waals surface area contributed by atoms with Crippen molar-refractivity contribution in [3.8, 4) is 0 Å². The molecule has 47 heavy (non-hydrogen) atoms. The third-order valence-electron chi connectivity index (χ3n) is 6.12. The zero-order chi connectivity index (χ0) is 35.0. The van der Waals surface area contributed by atoms with Crippen molar-refractivity contribution in [2.45, 2.75) is 90.0 Å². The van der Waals surface area contributed by atoms with Gasteiger partial charge in [0.15, 0.2) is 18.1 Å². The van der Waals surface area contributed by atoms with Gasteiger partial charge in [0, 0.05) is 38.5 Å². The van der Waals surface area contributed by atoms with Crippen molar-refractivity contribution in [2.75, 3.05) is 25.4 Å². The van der Waals surface area contributed by atoms with E-state index in [1.807, 2.05) is 0 Å². The number of carboxylic acid groups (broad SMARTS) is 1. The lowest BCUT2D eigenvalue weighted by Gasteiger charge is -2.24. The first-order valence-corrected chi connectivity index (χ1v) is 17.2. The number of aromatic nitrogens is 1. The van der Waals surface area contributed by atoms with Gasteiger partial charge in [0.05, 0.1) is 12.0 Å². The fourth-order valence-corrected chi connectivity index (χ4v) is 5.94. The zero-order valence-corrected chi connectivity index (χ0v) is 28.8. The van der Waals surface area contributed by atoms with Gasteiger partial charge in [0.25, 0.3) is 0 Å². The van der Waals surface area contributed by atoms with Crippen LogP contribution >= 0.6 is 21.6 Å². The molecule has 0 aliphatic heterocycles. The molecule has 2 aromatic heterocycles. The van der Waals surface area contributed by atoms with Crippen LogP contribution < -0.4 is 16.5 Å². The third kappa shape index (κ3) is 15.9. The summed E-state index contributed by atoms with van der Waals surface area (Å²) in [6.07, 6.45) is 3.52. The van der Waals surface area contributed by atoms with Gasteiger partial charge in [-0.3, -0.25) is 14.4 Å². The van der Waals surface area contributed by atoms with Crippen LogP contribution in [0.25, 0.3) is 0 Å². The number of rotatable bonds is 19. The van der Waals surface area contributed by atoms with Crippen LogP contribution in [0.2, 0.25) is 0 Å². The quantitative estimate of drug-likeness (QED) is 0.108. The third-order valence-corrected chi connectivity index (χ3v) is 8.47. The predicted octanol–water partition coefficient (Wildman–Crippen LogP) is 3.93. The number of unbranched alkanes of at least 4 members (excludes halogenated alkanes) is 3. The van der Waals surface area contributed by atoms with Crippen molar-refractivity contribution < 1.29 is 47.4 Å². The van der Waals surface area contributed by atoms with Gasteiger partial charge in [0.1, 0.15) is 16.7 Å². The molecule has 2 heterocycles. The first-order valence-electron chi connectivity index (χ1n) is 14.9. The van der Waals surface area contributed by atoms with E-state index in [0.29, 0.717) is 13.0 Å². The molecule has 0 radical (unpaired) electrons. The number of nitrogens with zero attached hydrogens (tertiary/aromatic N) is 2. The predicted molar refractivity (Wildman–Crippen MR) is 173 cm³/mol. The van der Waals surface area contributed by atoms with E-state index in [1.165, 1.54) is 41.8 Å². The maximum atomic E-state index is 12.9. The molecule has 0 bridgehead atoms. The van der Waals surface area contributed by atoms with E-state index in [0.717, 1.165) is 30.0 Å². The van der Waals surface area contributed by atoms with Gasteiger partial charge in [-0.15, -0.1) is 0 Å². The smallest absolute Gasteiger partial charge is 0.478 e. The monoisotopic (exact) mass is 698 g/mol. The lowest BCUT2D eigenvalue weighted by atomic mass is 10.1. The Kier molecular flexibility index (Phi) is 16.4. The van der Waals surface area contributed by atoms with Crippen LogP contribution in [-0.4, -0.2) is 81.9 Å². The number of carbonyl (C=O) groups is 5. The molecule has 0 saturated carbocycles. The van der Waals surface area contributed by atoms with Crippen molar-refractivity contribution in [2.24, 2.45) is 0 Å². The average molecular weight is 699 g/mol. The average Bonchev–Trinajstić information content (AvgIpc) is 3.30. The van der Waals surface area contributed by atoms with E-state index in [-0.39, 0.29) is 43.2 Å². The lowest BCUT2D eigenvalue weighted by molar-refractivity contribution is -0.156. The molecule has 0 unspecified atom stereocenters. The molecule has 260 valence electrons. The molecular formula is C30H42N4O11S2. The number of esters is 1. The topological polar surface area (TPSA) is 208 Å². The van der Waals surface area contributed by atoms with Crippen LogP contribution in [0.3, 0.4) is 0 Å². The summed E-state index contributed by atoms with van der Waals surface area (Å²) in [4.78, 5) is 77.5. The van der Waals surface area contributed by atoms with Crippen LogP contribution in [-0.2, 0) is 30.5 Å². The highest BCUT2D eigenvalue weighted by Crippen LogP contribution is 2.30. The summed E-state index contributed by atoms with van der Waals surface area (Å²) in [5, 5.41) is 14.8. The Morgan fingerprint density at radius 1 is 1.06 bits per heavy atom. The summed E-state index contributed by atoms with van der Waals surface area (Å²) in [5.74, 6) is -2.57. The molecule has 0 aromatic carbocycles. The van der Waals surface area contributed by atoms with Gasteiger partial charge in [0.2, 0.25) is 11.8 Å². The highest BCUT2D eigenvalue weighted by atomic mass is 33.1. The van der Waals surface area contributed by atoms with E-state index in [9.17, 15) is 28.8 Å². The number of aryl methyl sites for hydroxylation is 1. The minimum absolute atomic E-state index is 0.00744. The number of ether oxygens (including phenoxy) is 2. The largest absolute Gasteiger partial charge is 0.519 e. The second kappa shape index (κ2) is 19.6. The van der Waals surface area contributed by atoms with E-state index in [1.54, 1.807) is 37.6 Å². The molecule has 0 fully saturated rings. The van der Waals surface area contributed by atoms with Gasteiger partial charge in [-0.25, -0.2) is 19.4 Å². The number of hydrogen-bond acceptors (Lipinski definition) is 13. The summed E-state index contributed by atoms with van der Waals surface area (Å²) in [6, 6.07) is 2.02. The van der Waals surface area contributed by atoms with Gasteiger partial charge in [-0.05, 0) is 63.5 Å². The Labute approximate surface area is 280 Å². The molecule has 0 aliphatic rings. The van der Waals surface area contributed by atoms with Crippen LogP contribution in [0.5, 0.6) is 0 Å². The number of amides is 3. The van der Waals surface area contributed by atoms with E-state index in [2.05, 4.69) is 15.6 Å². The summed E-state index contributed by atoms with van der Waals surface area (Å²) in [7, 11) is 3.08. The van der Waals surface area contributed by atoms with Crippen LogP contribution in [0.4, 0.5) is 4.79 Å². The number of nitrogens with one attached hydrogen (secondary N) is 2. The van der Waals surface area contributed by atoms with E-state index < -0.39 is 47.3 Å². The number of carboxylic acids is 1. The minimum atomic E-state index is -1.16. The fraction of sp³-hybridized carbons (Fsp3) is 0.567. The van der Waals surface area contributed by atoms with Gasteiger partial charge < -0.3 is 38.9 Å². The molecule has 2 aromatic rings. The zero-order valence-electron chi connectivity index (χ0n) is 27.1. The number of pyridine rings is 1. The Morgan fingerprint density at radius 3 is 2.38 bits per heavy atom. The first kappa shape index (κ1) is 39.2. The van der Waals surface area contributed by atoms with E-state index >= 15 is 0 Å². The molecule has 3 amide bonds. The van der Waals surface area contributed by atoms with Crippen LogP contribution in [0.15, 0.2) is 37.0 Å². The Morgan fingerprint density at radius 2 is 1.79 bits per heavy atom. The standard InChI is InChI=1S/C30H42N4O11S2/c1-19-23(44-29(41)43-19)18-42-28(40)34(13-8-6-7-9-15-46-47-24-11-10-21(17-32-24)27(38)39)14-12-31-26(37)22(33-20(2)35)16-25(36)45-30(3,4)5/h10-11,17,22H,6-9,12-16,18H2,1-5H3,(H,31,37)(H,33,35)(H,38,39)/t22-/m0/s1. The second-order valence-corrected chi connectivity index (χ2v) is 13.8. The molecule has 17 heteroatoms. The highest BCUT2D eigenvalue weighted by Gasteiger charge is 2.26.